The van der Waals surface area contributed by atoms with Gasteiger partial charge in [-0.25, -0.2) is 14.4 Å². The fourth-order valence-corrected chi connectivity index (χ4v) is 3.37. The van der Waals surface area contributed by atoms with Crippen molar-refractivity contribution in [3.63, 3.8) is 0 Å². The molecule has 1 heterocycles. The number of nitrogens with zero attached hydrogens (tertiary/aromatic N) is 2. The van der Waals surface area contributed by atoms with E-state index in [-0.39, 0.29) is 5.82 Å². The van der Waals surface area contributed by atoms with Gasteiger partial charge in [-0.2, -0.15) is 0 Å². The van der Waals surface area contributed by atoms with E-state index in [0.29, 0.717) is 22.6 Å². The summed E-state index contributed by atoms with van der Waals surface area (Å²) in [6, 6.07) is 6.51. The fourth-order valence-electron chi connectivity index (χ4n) is 1.88. The molecule has 1 aliphatic carbocycles. The Bertz CT molecular complexity index is 649. The monoisotopic (exact) mass is 372 g/mol. The second kappa shape index (κ2) is 6.00. The Morgan fingerprint density at radius 2 is 2.15 bits per heavy atom. The van der Waals surface area contributed by atoms with Crippen LogP contribution in [0.1, 0.15) is 30.3 Å². The number of hydrogen-bond acceptors (Lipinski definition) is 3. The average Bonchev–Trinajstić information content (AvgIpc) is 3.24. The van der Waals surface area contributed by atoms with Crippen LogP contribution in [0.5, 0.6) is 0 Å². The topological polar surface area (TPSA) is 25.8 Å². The molecule has 0 atom stereocenters. The zero-order valence-corrected chi connectivity index (χ0v) is 13.6. The van der Waals surface area contributed by atoms with Crippen molar-refractivity contribution in [3.8, 4) is 0 Å². The highest BCUT2D eigenvalue weighted by Gasteiger charge is 2.29. The normalized spacial score (nSPS) is 14.6. The van der Waals surface area contributed by atoms with Crippen LogP contribution in [0.4, 0.5) is 4.39 Å². The molecule has 0 N–H and O–H groups in total. The lowest BCUT2D eigenvalue weighted by Gasteiger charge is -2.07. The predicted octanol–water partition coefficient (Wildman–Crippen LogP) is 5.20. The van der Waals surface area contributed by atoms with Gasteiger partial charge in [-0.05, 0) is 47.0 Å². The first-order chi connectivity index (χ1) is 9.63. The Morgan fingerprint density at radius 1 is 1.35 bits per heavy atom. The molecule has 2 aromatic rings. The fraction of sp³-hybridized carbons (Fsp3) is 0.286. The molecule has 0 saturated heterocycles. The van der Waals surface area contributed by atoms with Crippen LogP contribution < -0.4 is 0 Å². The molecule has 0 unspecified atom stereocenters. The SMILES string of the molecule is Fc1cccc(SCc2nc(Cl)c(Br)c(C3CC3)n2)c1. The summed E-state index contributed by atoms with van der Waals surface area (Å²) in [4.78, 5) is 9.71. The summed E-state index contributed by atoms with van der Waals surface area (Å²) in [5.41, 5.74) is 1.000. The van der Waals surface area contributed by atoms with Crippen molar-refractivity contribution in [2.24, 2.45) is 0 Å². The van der Waals surface area contributed by atoms with E-state index in [9.17, 15) is 4.39 Å². The maximum Gasteiger partial charge on any atom is 0.147 e. The lowest BCUT2D eigenvalue weighted by molar-refractivity contribution is 0.624. The summed E-state index contributed by atoms with van der Waals surface area (Å²) in [6.07, 6.45) is 2.31. The van der Waals surface area contributed by atoms with Gasteiger partial charge in [0.05, 0.1) is 15.9 Å². The third-order valence-corrected chi connectivity index (χ3v) is 5.28. The molecule has 1 aliphatic rings. The first-order valence-electron chi connectivity index (χ1n) is 6.23. The Labute approximate surface area is 134 Å². The molecule has 6 heteroatoms. The van der Waals surface area contributed by atoms with Gasteiger partial charge >= 0.3 is 0 Å². The number of thioether (sulfide) groups is 1. The van der Waals surface area contributed by atoms with Crippen molar-refractivity contribution >= 4 is 39.3 Å². The summed E-state index contributed by atoms with van der Waals surface area (Å²) < 4.78 is 13.9. The zero-order valence-electron chi connectivity index (χ0n) is 10.4. The molecule has 0 aliphatic heterocycles. The molecule has 20 heavy (non-hydrogen) atoms. The predicted molar refractivity (Wildman–Crippen MR) is 82.7 cm³/mol. The molecule has 0 spiro atoms. The lowest BCUT2D eigenvalue weighted by atomic mass is 10.3. The Kier molecular flexibility index (Phi) is 4.29. The van der Waals surface area contributed by atoms with E-state index >= 15 is 0 Å². The van der Waals surface area contributed by atoms with Crippen LogP contribution in [0.2, 0.25) is 5.15 Å². The smallest absolute Gasteiger partial charge is 0.147 e. The summed E-state index contributed by atoms with van der Waals surface area (Å²) in [6.45, 7) is 0. The number of halogens is 3. The van der Waals surface area contributed by atoms with Gasteiger partial charge in [0, 0.05) is 10.8 Å². The quantitative estimate of drug-likeness (QED) is 0.544. The van der Waals surface area contributed by atoms with Gasteiger partial charge in [0.2, 0.25) is 0 Å². The molecule has 104 valence electrons. The van der Waals surface area contributed by atoms with Crippen molar-refractivity contribution in [1.29, 1.82) is 0 Å². The van der Waals surface area contributed by atoms with E-state index in [0.717, 1.165) is 27.9 Å². The highest BCUT2D eigenvalue weighted by atomic mass is 79.9. The van der Waals surface area contributed by atoms with Gasteiger partial charge < -0.3 is 0 Å². The van der Waals surface area contributed by atoms with E-state index in [1.165, 1.54) is 23.9 Å². The van der Waals surface area contributed by atoms with Crippen LogP contribution in [-0.2, 0) is 5.75 Å². The maximum absolute atomic E-state index is 13.1. The second-order valence-electron chi connectivity index (χ2n) is 4.65. The highest BCUT2D eigenvalue weighted by Crippen LogP contribution is 2.43. The first kappa shape index (κ1) is 14.3. The van der Waals surface area contributed by atoms with Crippen molar-refractivity contribution in [1.82, 2.24) is 9.97 Å². The first-order valence-corrected chi connectivity index (χ1v) is 8.39. The molecular formula is C14H11BrClFN2S. The van der Waals surface area contributed by atoms with Crippen LogP contribution >= 0.6 is 39.3 Å². The van der Waals surface area contributed by atoms with Crippen LogP contribution in [0.15, 0.2) is 33.6 Å². The van der Waals surface area contributed by atoms with Crippen LogP contribution in [0.3, 0.4) is 0 Å². The van der Waals surface area contributed by atoms with Gasteiger partial charge in [0.25, 0.3) is 0 Å². The van der Waals surface area contributed by atoms with Gasteiger partial charge in [-0.15, -0.1) is 11.8 Å². The molecule has 1 aromatic carbocycles. The minimum atomic E-state index is -0.233. The summed E-state index contributed by atoms with van der Waals surface area (Å²) in [5.74, 6) is 1.54. The molecule has 0 radical (unpaired) electrons. The summed E-state index contributed by atoms with van der Waals surface area (Å²) >= 11 is 11.1. The molecule has 0 amide bonds. The maximum atomic E-state index is 13.1. The van der Waals surface area contributed by atoms with Crippen LogP contribution in [-0.4, -0.2) is 9.97 Å². The Morgan fingerprint density at radius 3 is 2.85 bits per heavy atom. The van der Waals surface area contributed by atoms with E-state index in [4.69, 9.17) is 11.6 Å². The van der Waals surface area contributed by atoms with E-state index in [1.54, 1.807) is 6.07 Å². The van der Waals surface area contributed by atoms with Crippen molar-refractivity contribution in [2.75, 3.05) is 0 Å². The largest absolute Gasteiger partial charge is 0.235 e. The van der Waals surface area contributed by atoms with Crippen molar-refractivity contribution in [3.05, 3.63) is 51.2 Å². The molecule has 1 aromatic heterocycles. The minimum absolute atomic E-state index is 0.233. The van der Waals surface area contributed by atoms with Crippen LogP contribution in [0, 0.1) is 5.82 Å². The molecule has 3 rings (SSSR count). The standard InChI is InChI=1S/C14H11BrClFN2S/c15-12-13(8-4-5-8)18-11(19-14(12)16)7-20-10-3-1-2-9(17)6-10/h1-3,6,8H,4-5,7H2. The number of rotatable bonds is 4. The second-order valence-corrected chi connectivity index (χ2v) is 6.85. The van der Waals surface area contributed by atoms with Gasteiger partial charge in [-0.3, -0.25) is 0 Å². The number of aromatic nitrogens is 2. The zero-order chi connectivity index (χ0) is 14.1. The van der Waals surface area contributed by atoms with Gasteiger partial charge in [0.15, 0.2) is 0 Å². The molecule has 0 bridgehead atoms. The highest BCUT2D eigenvalue weighted by molar-refractivity contribution is 9.10. The molecule has 1 saturated carbocycles. The van der Waals surface area contributed by atoms with Crippen molar-refractivity contribution in [2.45, 2.75) is 29.4 Å². The average molecular weight is 374 g/mol. The minimum Gasteiger partial charge on any atom is -0.235 e. The Hall–Kier alpha value is -0.650. The third-order valence-electron chi connectivity index (χ3n) is 3.01. The van der Waals surface area contributed by atoms with E-state index < -0.39 is 0 Å². The van der Waals surface area contributed by atoms with E-state index in [2.05, 4.69) is 25.9 Å². The van der Waals surface area contributed by atoms with Crippen LogP contribution in [0.25, 0.3) is 0 Å². The number of benzene rings is 1. The third kappa shape index (κ3) is 3.32. The molecule has 2 nitrogen and oxygen atoms in total. The Balaban J connectivity index is 1.77. The number of hydrogen-bond donors (Lipinski definition) is 0. The molecule has 1 fully saturated rings. The summed E-state index contributed by atoms with van der Waals surface area (Å²) in [7, 11) is 0. The summed E-state index contributed by atoms with van der Waals surface area (Å²) in [5, 5.41) is 0.455. The lowest BCUT2D eigenvalue weighted by Crippen LogP contribution is -1.99. The van der Waals surface area contributed by atoms with Crippen molar-refractivity contribution < 1.29 is 4.39 Å². The van der Waals surface area contributed by atoms with Gasteiger partial charge in [-0.1, -0.05) is 17.7 Å². The van der Waals surface area contributed by atoms with E-state index in [1.807, 2.05) is 6.07 Å². The van der Waals surface area contributed by atoms with Gasteiger partial charge in [0.1, 0.15) is 16.8 Å². The molecular weight excluding hydrogens is 363 g/mol.